The average Bonchev–Trinajstić information content (AvgIpc) is 1.38. The van der Waals surface area contributed by atoms with E-state index in [1.165, 1.54) is 0 Å². The smallest absolute Gasteiger partial charge is 0.0453 e. The molecular weight excluding hydrogens is 104 g/mol. The van der Waals surface area contributed by atoms with E-state index in [4.69, 9.17) is 5.11 Å². The molecule has 0 saturated carbocycles. The molecule has 2 heteroatoms. The van der Waals surface area contributed by atoms with Crippen molar-refractivity contribution in [1.82, 2.24) is 0 Å². The van der Waals surface area contributed by atoms with E-state index in [9.17, 15) is 0 Å². The first-order chi connectivity index (χ1) is 2.27. The first kappa shape index (κ1) is 10.3. The van der Waals surface area contributed by atoms with E-state index in [0.29, 0.717) is 12.5 Å². The first-order valence-electron chi connectivity index (χ1n) is 1.88. The topological polar surface area (TPSA) is 20.2 Å². The van der Waals surface area contributed by atoms with Crippen molar-refractivity contribution in [2.75, 3.05) is 6.61 Å². The molecule has 0 radical (unpaired) electrons. The second-order valence-electron chi connectivity index (χ2n) is 1.58. The fourth-order valence-corrected chi connectivity index (χ4v) is 0. The summed E-state index contributed by atoms with van der Waals surface area (Å²) in [6.45, 7) is 4.25. The van der Waals surface area contributed by atoms with E-state index >= 15 is 0 Å². The number of rotatable bonds is 1. The minimum Gasteiger partial charge on any atom is -0.396 e. The van der Waals surface area contributed by atoms with Crippen LogP contribution >= 0.6 is 0 Å². The van der Waals surface area contributed by atoms with Gasteiger partial charge in [0.1, 0.15) is 0 Å². The molecule has 0 aliphatic carbocycles. The molecule has 0 aliphatic rings. The van der Waals surface area contributed by atoms with Gasteiger partial charge in [0.25, 0.3) is 0 Å². The summed E-state index contributed by atoms with van der Waals surface area (Å²) < 4.78 is 0. The summed E-state index contributed by atoms with van der Waals surface area (Å²) in [7, 11) is 0. The fraction of sp³-hybridized carbons (Fsp3) is 1.00. The largest absolute Gasteiger partial charge is 0.396 e. The summed E-state index contributed by atoms with van der Waals surface area (Å²) in [4.78, 5) is 0. The zero-order valence-corrected chi connectivity index (χ0v) is 4.79. The molecule has 0 heterocycles. The number of aliphatic hydroxyl groups excluding tert-OH is 1. The molecule has 40 valence electrons. The quantitative estimate of drug-likeness (QED) is 0.530. The molecule has 0 fully saturated rings. The summed E-state index contributed by atoms with van der Waals surface area (Å²) in [5.74, 6) is 0.440. The summed E-state index contributed by atoms with van der Waals surface area (Å²) in [6.07, 6.45) is 0. The van der Waals surface area contributed by atoms with Gasteiger partial charge in [-0.15, -0.1) is 0 Å². The van der Waals surface area contributed by atoms with E-state index < -0.39 is 0 Å². The molecular formula is C4H10ArO. The van der Waals surface area contributed by atoms with Gasteiger partial charge in [-0.1, -0.05) is 13.8 Å². The number of hydrogen-bond acceptors (Lipinski definition) is 1. The van der Waals surface area contributed by atoms with E-state index in [-0.39, 0.29) is 37.7 Å². The fourth-order valence-electron chi connectivity index (χ4n) is 0. The SMILES string of the molecule is CC(C)CO.[Ar]. The Morgan fingerprint density at radius 1 is 1.50 bits per heavy atom. The molecule has 0 aromatic heterocycles. The van der Waals surface area contributed by atoms with Crippen LogP contribution in [-0.4, -0.2) is 11.7 Å². The van der Waals surface area contributed by atoms with Crippen molar-refractivity contribution < 1.29 is 42.8 Å². The Labute approximate surface area is 68.7 Å². The van der Waals surface area contributed by atoms with Gasteiger partial charge < -0.3 is 5.11 Å². The second-order valence-corrected chi connectivity index (χ2v) is 1.58. The minimum absolute atomic E-state index is 0. The van der Waals surface area contributed by atoms with E-state index in [2.05, 4.69) is 0 Å². The Bertz CT molecular complexity index is 21.5. The number of hydrogen-bond donors (Lipinski definition) is 1. The maximum Gasteiger partial charge on any atom is 0.0453 e. The Balaban J connectivity index is 0. The molecule has 6 heavy (non-hydrogen) atoms. The Hall–Kier alpha value is 1.22. The van der Waals surface area contributed by atoms with Crippen LogP contribution in [0.1, 0.15) is 13.8 Å². The van der Waals surface area contributed by atoms with Crippen LogP contribution in [0.4, 0.5) is 0 Å². The summed E-state index contributed by atoms with van der Waals surface area (Å²) in [5, 5.41) is 8.14. The van der Waals surface area contributed by atoms with Gasteiger partial charge >= 0.3 is 0 Å². The average molecular weight is 114 g/mol. The second kappa shape index (κ2) is 6.22. The molecule has 1 N–H and O–H groups in total. The molecule has 0 unspecified atom stereocenters. The van der Waals surface area contributed by atoms with Crippen LogP contribution in [0.25, 0.3) is 0 Å². The number of aliphatic hydroxyl groups is 1. The molecule has 0 amide bonds. The van der Waals surface area contributed by atoms with E-state index in [1.54, 1.807) is 0 Å². The minimum atomic E-state index is 0. The Morgan fingerprint density at radius 3 is 1.67 bits per heavy atom. The van der Waals surface area contributed by atoms with Gasteiger partial charge in [0.2, 0.25) is 0 Å². The molecule has 0 atom stereocenters. The molecule has 0 aromatic rings. The monoisotopic (exact) mass is 114 g/mol. The van der Waals surface area contributed by atoms with Crippen molar-refractivity contribution in [3.63, 3.8) is 0 Å². The van der Waals surface area contributed by atoms with Gasteiger partial charge in [0.15, 0.2) is 0 Å². The summed E-state index contributed by atoms with van der Waals surface area (Å²) in [5.41, 5.74) is 0. The van der Waals surface area contributed by atoms with E-state index in [0.717, 1.165) is 0 Å². The van der Waals surface area contributed by atoms with Crippen LogP contribution < -0.4 is 0 Å². The predicted molar refractivity (Wildman–Crippen MR) is 21.9 cm³/mol. The maximum atomic E-state index is 8.14. The standard InChI is InChI=1S/C4H10O.Ar/c1-4(2)3-5;/h4-5H,3H2,1-2H3;. The van der Waals surface area contributed by atoms with Gasteiger partial charge in [-0.2, -0.15) is 0 Å². The summed E-state index contributed by atoms with van der Waals surface area (Å²) >= 11 is 0. The summed E-state index contributed by atoms with van der Waals surface area (Å²) in [6, 6.07) is 0. The van der Waals surface area contributed by atoms with Crippen molar-refractivity contribution in [3.05, 3.63) is 0 Å². The van der Waals surface area contributed by atoms with Crippen molar-refractivity contribution in [3.8, 4) is 0 Å². The van der Waals surface area contributed by atoms with Crippen molar-refractivity contribution in [2.24, 2.45) is 5.92 Å². The van der Waals surface area contributed by atoms with Crippen LogP contribution in [0.3, 0.4) is 0 Å². The Morgan fingerprint density at radius 2 is 1.67 bits per heavy atom. The van der Waals surface area contributed by atoms with Crippen LogP contribution in [0, 0.1) is 43.7 Å². The van der Waals surface area contributed by atoms with Gasteiger partial charge in [0.05, 0.1) is 0 Å². The molecule has 1 nitrogen and oxygen atoms in total. The first-order valence-corrected chi connectivity index (χ1v) is 1.88. The predicted octanol–water partition coefficient (Wildman–Crippen LogP) is 0.635. The zero-order valence-electron chi connectivity index (χ0n) is 4.09. The van der Waals surface area contributed by atoms with Crippen molar-refractivity contribution in [2.45, 2.75) is 13.8 Å². The van der Waals surface area contributed by atoms with Gasteiger partial charge in [-0.25, -0.2) is 0 Å². The van der Waals surface area contributed by atoms with Gasteiger partial charge in [-0.05, 0) is 5.92 Å². The molecule has 0 spiro atoms. The molecule has 0 aromatic carbocycles. The molecule has 0 saturated heterocycles. The van der Waals surface area contributed by atoms with Gasteiger partial charge in [0, 0.05) is 44.3 Å². The third kappa shape index (κ3) is 8.97. The normalized spacial score (nSPS) is 8.00. The Kier molecular flexibility index (Phi) is 10.6. The van der Waals surface area contributed by atoms with Crippen LogP contribution in [0.5, 0.6) is 0 Å². The van der Waals surface area contributed by atoms with Crippen LogP contribution in [0.15, 0.2) is 0 Å². The van der Waals surface area contributed by atoms with E-state index in [1.807, 2.05) is 13.8 Å². The molecule has 0 bridgehead atoms. The third-order valence-electron chi connectivity index (χ3n) is 0.365. The van der Waals surface area contributed by atoms with Crippen molar-refractivity contribution >= 4 is 0 Å². The maximum absolute atomic E-state index is 8.14. The van der Waals surface area contributed by atoms with Gasteiger partial charge in [-0.3, -0.25) is 0 Å². The molecule has 0 rings (SSSR count). The van der Waals surface area contributed by atoms with Crippen LogP contribution in [-0.2, 0) is 0 Å². The van der Waals surface area contributed by atoms with Crippen LogP contribution in [0.2, 0.25) is 0 Å². The van der Waals surface area contributed by atoms with Crippen molar-refractivity contribution in [1.29, 1.82) is 0 Å². The third-order valence-corrected chi connectivity index (χ3v) is 0.365. The molecule has 0 aliphatic heterocycles. The zero-order chi connectivity index (χ0) is 4.28.